The van der Waals surface area contributed by atoms with Crippen molar-refractivity contribution in [2.45, 2.75) is 12.5 Å². The van der Waals surface area contributed by atoms with Crippen LogP contribution in [0.3, 0.4) is 0 Å². The van der Waals surface area contributed by atoms with Crippen LogP contribution in [0.15, 0.2) is 18.2 Å². The van der Waals surface area contributed by atoms with Crippen molar-refractivity contribution in [2.75, 3.05) is 34.0 Å². The second kappa shape index (κ2) is 7.92. The molecule has 5 heteroatoms. The molecule has 1 aromatic rings. The van der Waals surface area contributed by atoms with E-state index in [0.29, 0.717) is 6.54 Å². The van der Waals surface area contributed by atoms with Crippen LogP contribution in [-0.2, 0) is 6.42 Å². The molecule has 0 aliphatic carbocycles. The molecule has 0 radical (unpaired) electrons. The van der Waals surface area contributed by atoms with Crippen LogP contribution in [0.5, 0.6) is 11.5 Å². The predicted molar refractivity (Wildman–Crippen MR) is 69.2 cm³/mol. The molecule has 0 aliphatic rings. The second-order valence-electron chi connectivity index (χ2n) is 3.94. The van der Waals surface area contributed by atoms with Gasteiger partial charge in [-0.1, -0.05) is 6.07 Å². The lowest BCUT2D eigenvalue weighted by atomic mass is 10.1. The first-order chi connectivity index (χ1) is 8.74. The summed E-state index contributed by atoms with van der Waals surface area (Å²) in [6.07, 6.45) is 0.754. The van der Waals surface area contributed by atoms with Gasteiger partial charge >= 0.3 is 0 Å². The fourth-order valence-electron chi connectivity index (χ4n) is 1.66. The van der Waals surface area contributed by atoms with Crippen LogP contribution >= 0.6 is 0 Å². The van der Waals surface area contributed by atoms with E-state index < -0.39 is 0 Å². The van der Waals surface area contributed by atoms with Crippen molar-refractivity contribution in [2.24, 2.45) is 0 Å². The van der Waals surface area contributed by atoms with Gasteiger partial charge in [0.2, 0.25) is 0 Å². The van der Waals surface area contributed by atoms with E-state index in [2.05, 4.69) is 5.32 Å². The van der Waals surface area contributed by atoms with Crippen molar-refractivity contribution in [3.05, 3.63) is 23.8 Å². The maximum Gasteiger partial charge on any atom is 0.125 e. The molecule has 5 nitrogen and oxygen atoms in total. The minimum absolute atomic E-state index is 0.0732. The molecule has 0 atom stereocenters. The summed E-state index contributed by atoms with van der Waals surface area (Å²) >= 11 is 0. The first kappa shape index (κ1) is 14.8. The van der Waals surface area contributed by atoms with Crippen molar-refractivity contribution in [1.82, 2.24) is 5.32 Å². The quantitative estimate of drug-likeness (QED) is 0.618. The Morgan fingerprint density at radius 2 is 1.89 bits per heavy atom. The summed E-state index contributed by atoms with van der Waals surface area (Å²) in [7, 11) is 3.24. The summed E-state index contributed by atoms with van der Waals surface area (Å²) in [5.41, 5.74) is 1.06. The standard InChI is InChI=1S/C13H21NO4/c1-17-12-4-3-10(13(7-12)18-2)5-6-14-11(8-15)9-16/h3-4,7,11,14-16H,5-6,8-9H2,1-2H3. The van der Waals surface area contributed by atoms with Gasteiger partial charge in [-0.2, -0.15) is 0 Å². The number of hydrogen-bond donors (Lipinski definition) is 3. The molecule has 0 saturated heterocycles. The zero-order valence-electron chi connectivity index (χ0n) is 10.8. The summed E-state index contributed by atoms with van der Waals surface area (Å²) in [5, 5.41) is 20.9. The van der Waals surface area contributed by atoms with Crippen molar-refractivity contribution in [3.63, 3.8) is 0 Å². The Kier molecular flexibility index (Phi) is 6.49. The zero-order valence-corrected chi connectivity index (χ0v) is 10.8. The molecule has 0 bridgehead atoms. The molecule has 0 unspecified atom stereocenters. The molecule has 102 valence electrons. The third-order valence-electron chi connectivity index (χ3n) is 2.76. The Morgan fingerprint density at radius 3 is 2.44 bits per heavy atom. The first-order valence-corrected chi connectivity index (χ1v) is 5.91. The van der Waals surface area contributed by atoms with Gasteiger partial charge in [0.15, 0.2) is 0 Å². The number of aliphatic hydroxyl groups is 2. The van der Waals surface area contributed by atoms with Crippen LogP contribution in [0.4, 0.5) is 0 Å². The van der Waals surface area contributed by atoms with Gasteiger partial charge in [0.1, 0.15) is 11.5 Å². The third kappa shape index (κ3) is 4.18. The fourth-order valence-corrected chi connectivity index (χ4v) is 1.66. The number of rotatable bonds is 8. The Hall–Kier alpha value is -1.30. The van der Waals surface area contributed by atoms with Crippen molar-refractivity contribution in [1.29, 1.82) is 0 Å². The van der Waals surface area contributed by atoms with E-state index in [9.17, 15) is 0 Å². The second-order valence-corrected chi connectivity index (χ2v) is 3.94. The Balaban J connectivity index is 2.56. The normalized spacial score (nSPS) is 10.7. The molecular formula is C13H21NO4. The number of benzene rings is 1. The maximum absolute atomic E-state index is 8.93. The molecule has 0 heterocycles. The molecule has 1 rings (SSSR count). The topological polar surface area (TPSA) is 71.0 Å². The van der Waals surface area contributed by atoms with Gasteiger partial charge in [0.05, 0.1) is 33.5 Å². The SMILES string of the molecule is COc1ccc(CCNC(CO)CO)c(OC)c1. The summed E-state index contributed by atoms with van der Waals surface area (Å²) < 4.78 is 10.4. The highest BCUT2D eigenvalue weighted by Gasteiger charge is 2.07. The van der Waals surface area contributed by atoms with Gasteiger partial charge in [-0.25, -0.2) is 0 Å². The summed E-state index contributed by atoms with van der Waals surface area (Å²) in [5.74, 6) is 1.54. The minimum Gasteiger partial charge on any atom is -0.497 e. The number of methoxy groups -OCH3 is 2. The van der Waals surface area contributed by atoms with Gasteiger partial charge in [-0.3, -0.25) is 0 Å². The summed E-state index contributed by atoms with van der Waals surface area (Å²) in [6, 6.07) is 5.40. The van der Waals surface area contributed by atoms with Crippen LogP contribution in [-0.4, -0.2) is 50.2 Å². The van der Waals surface area contributed by atoms with Gasteiger partial charge in [-0.15, -0.1) is 0 Å². The average Bonchev–Trinajstić information content (AvgIpc) is 2.43. The van der Waals surface area contributed by atoms with Crippen LogP contribution in [0.2, 0.25) is 0 Å². The molecule has 0 fully saturated rings. The van der Waals surface area contributed by atoms with Gasteiger partial charge in [0.25, 0.3) is 0 Å². The largest absolute Gasteiger partial charge is 0.497 e. The van der Waals surface area contributed by atoms with Gasteiger partial charge in [0, 0.05) is 6.07 Å². The lowest BCUT2D eigenvalue weighted by molar-refractivity contribution is 0.171. The Bertz CT molecular complexity index is 353. The van der Waals surface area contributed by atoms with Crippen LogP contribution < -0.4 is 14.8 Å². The van der Waals surface area contributed by atoms with Gasteiger partial charge in [-0.05, 0) is 24.6 Å². The maximum atomic E-state index is 8.93. The van der Waals surface area contributed by atoms with E-state index in [4.69, 9.17) is 19.7 Å². The monoisotopic (exact) mass is 255 g/mol. The van der Waals surface area contributed by atoms with Gasteiger partial charge < -0.3 is 25.0 Å². The van der Waals surface area contributed by atoms with E-state index in [1.54, 1.807) is 14.2 Å². The third-order valence-corrected chi connectivity index (χ3v) is 2.76. The number of aliphatic hydroxyl groups excluding tert-OH is 2. The average molecular weight is 255 g/mol. The predicted octanol–water partition coefficient (Wildman–Crippen LogP) is 0.189. The fraction of sp³-hybridized carbons (Fsp3) is 0.538. The number of ether oxygens (including phenoxy) is 2. The van der Waals surface area contributed by atoms with E-state index in [1.807, 2.05) is 18.2 Å². The molecule has 0 aromatic heterocycles. The molecule has 1 aromatic carbocycles. The lowest BCUT2D eigenvalue weighted by Gasteiger charge is -2.14. The molecule has 3 N–H and O–H groups in total. The molecule has 0 saturated carbocycles. The Labute approximate surface area is 107 Å². The summed E-state index contributed by atoms with van der Waals surface area (Å²) in [4.78, 5) is 0. The smallest absolute Gasteiger partial charge is 0.125 e. The zero-order chi connectivity index (χ0) is 13.4. The summed E-state index contributed by atoms with van der Waals surface area (Å²) in [6.45, 7) is 0.515. The van der Waals surface area contributed by atoms with E-state index in [-0.39, 0.29) is 19.3 Å². The molecule has 0 spiro atoms. The Morgan fingerprint density at radius 1 is 1.17 bits per heavy atom. The van der Waals surface area contributed by atoms with Crippen molar-refractivity contribution < 1.29 is 19.7 Å². The van der Waals surface area contributed by atoms with Crippen LogP contribution in [0, 0.1) is 0 Å². The highest BCUT2D eigenvalue weighted by molar-refractivity contribution is 5.40. The van der Waals surface area contributed by atoms with Crippen LogP contribution in [0.25, 0.3) is 0 Å². The van der Waals surface area contributed by atoms with Crippen LogP contribution in [0.1, 0.15) is 5.56 Å². The molecule has 18 heavy (non-hydrogen) atoms. The number of hydrogen-bond acceptors (Lipinski definition) is 5. The molecular weight excluding hydrogens is 234 g/mol. The van der Waals surface area contributed by atoms with E-state index in [1.165, 1.54) is 0 Å². The molecule has 0 aliphatic heterocycles. The first-order valence-electron chi connectivity index (χ1n) is 5.91. The highest BCUT2D eigenvalue weighted by atomic mass is 16.5. The minimum atomic E-state index is -0.269. The van der Waals surface area contributed by atoms with Crippen molar-refractivity contribution in [3.8, 4) is 11.5 Å². The molecule has 0 amide bonds. The highest BCUT2D eigenvalue weighted by Crippen LogP contribution is 2.24. The van der Waals surface area contributed by atoms with E-state index >= 15 is 0 Å². The lowest BCUT2D eigenvalue weighted by Crippen LogP contribution is -2.36. The number of nitrogens with one attached hydrogen (secondary N) is 1. The van der Waals surface area contributed by atoms with E-state index in [0.717, 1.165) is 23.5 Å². The van der Waals surface area contributed by atoms with Crippen molar-refractivity contribution >= 4 is 0 Å².